The summed E-state index contributed by atoms with van der Waals surface area (Å²) in [5.41, 5.74) is 1.58. The zero-order chi connectivity index (χ0) is 21.1. The van der Waals surface area contributed by atoms with Gasteiger partial charge in [0.05, 0.1) is 18.9 Å². The maximum Gasteiger partial charge on any atom is 0.297 e. The standard InChI is InChI=1S/C21H18ClN3O4S/c1-28-10-9-25-20(27)19-18(15-7-2-3-8-16(15)29-19)24-21(25)30-12-17(26)23-14-6-4-5-13(22)11-14/h2-8,11H,9-10,12H2,1H3,(H,23,26). The maximum absolute atomic E-state index is 13.0. The number of nitrogens with zero attached hydrogens (tertiary/aromatic N) is 2. The molecule has 2 aromatic heterocycles. The average molecular weight is 444 g/mol. The Labute approximate surface area is 181 Å². The maximum atomic E-state index is 13.0. The van der Waals surface area contributed by atoms with Crippen LogP contribution in [0.1, 0.15) is 0 Å². The molecule has 0 unspecified atom stereocenters. The van der Waals surface area contributed by atoms with Crippen LogP contribution in [0.15, 0.2) is 62.9 Å². The second-order valence-electron chi connectivity index (χ2n) is 6.47. The molecule has 9 heteroatoms. The van der Waals surface area contributed by atoms with Crippen LogP contribution >= 0.6 is 23.4 Å². The monoisotopic (exact) mass is 443 g/mol. The van der Waals surface area contributed by atoms with Crippen LogP contribution in [0, 0.1) is 0 Å². The molecule has 0 fully saturated rings. The van der Waals surface area contributed by atoms with E-state index < -0.39 is 0 Å². The summed E-state index contributed by atoms with van der Waals surface area (Å²) in [5, 5.41) is 4.51. The van der Waals surface area contributed by atoms with E-state index in [2.05, 4.69) is 10.3 Å². The number of thioether (sulfide) groups is 1. The molecule has 4 rings (SSSR count). The van der Waals surface area contributed by atoms with Gasteiger partial charge in [0.25, 0.3) is 5.56 Å². The zero-order valence-corrected chi connectivity index (χ0v) is 17.6. The number of anilines is 1. The lowest BCUT2D eigenvalue weighted by atomic mass is 10.2. The van der Waals surface area contributed by atoms with E-state index in [1.807, 2.05) is 18.2 Å². The Morgan fingerprint density at radius 1 is 1.27 bits per heavy atom. The molecule has 0 bridgehead atoms. The van der Waals surface area contributed by atoms with Gasteiger partial charge < -0.3 is 14.5 Å². The lowest BCUT2D eigenvalue weighted by molar-refractivity contribution is -0.113. The molecule has 0 saturated heterocycles. The molecule has 1 N–H and O–H groups in total. The minimum Gasteiger partial charge on any atom is -0.448 e. The van der Waals surface area contributed by atoms with Crippen LogP contribution in [0.3, 0.4) is 0 Å². The van der Waals surface area contributed by atoms with E-state index in [0.29, 0.717) is 40.1 Å². The molecule has 0 atom stereocenters. The van der Waals surface area contributed by atoms with Crippen LogP contribution in [0.25, 0.3) is 22.1 Å². The Morgan fingerprint density at radius 3 is 2.90 bits per heavy atom. The summed E-state index contributed by atoms with van der Waals surface area (Å²) in [6.07, 6.45) is 0. The molecule has 2 aromatic carbocycles. The van der Waals surface area contributed by atoms with Gasteiger partial charge in [-0.25, -0.2) is 4.98 Å². The van der Waals surface area contributed by atoms with Gasteiger partial charge in [0.1, 0.15) is 11.1 Å². The summed E-state index contributed by atoms with van der Waals surface area (Å²) in [7, 11) is 1.56. The van der Waals surface area contributed by atoms with Crippen LogP contribution < -0.4 is 10.9 Å². The third-order valence-electron chi connectivity index (χ3n) is 4.41. The molecule has 4 aromatic rings. The lowest BCUT2D eigenvalue weighted by Crippen LogP contribution is -2.25. The number of nitrogens with one attached hydrogen (secondary N) is 1. The van der Waals surface area contributed by atoms with Crippen molar-refractivity contribution in [3.63, 3.8) is 0 Å². The van der Waals surface area contributed by atoms with Gasteiger partial charge in [-0.3, -0.25) is 14.2 Å². The molecule has 30 heavy (non-hydrogen) atoms. The quantitative estimate of drug-likeness (QED) is 0.340. The Kier molecular flexibility index (Phi) is 6.08. The molecular formula is C21H18ClN3O4S. The van der Waals surface area contributed by atoms with Crippen LogP contribution in [0.5, 0.6) is 0 Å². The third kappa shape index (κ3) is 4.21. The number of amides is 1. The van der Waals surface area contributed by atoms with Gasteiger partial charge in [-0.1, -0.05) is 41.6 Å². The predicted octanol–water partition coefficient (Wildman–Crippen LogP) is 4.17. The fraction of sp³-hybridized carbons (Fsp3) is 0.190. The Hall–Kier alpha value is -2.81. The molecule has 0 radical (unpaired) electrons. The summed E-state index contributed by atoms with van der Waals surface area (Å²) in [6, 6.07) is 14.3. The minimum absolute atomic E-state index is 0.0766. The van der Waals surface area contributed by atoms with Gasteiger partial charge in [0.15, 0.2) is 5.16 Å². The van der Waals surface area contributed by atoms with E-state index in [9.17, 15) is 9.59 Å². The highest BCUT2D eigenvalue weighted by Gasteiger charge is 2.18. The fourth-order valence-corrected chi connectivity index (χ4v) is 4.05. The Balaban J connectivity index is 1.65. The van der Waals surface area contributed by atoms with Crippen molar-refractivity contribution in [2.45, 2.75) is 11.7 Å². The first-order chi connectivity index (χ1) is 14.6. The van der Waals surface area contributed by atoms with Crippen molar-refractivity contribution >= 4 is 57.0 Å². The van der Waals surface area contributed by atoms with E-state index in [1.54, 1.807) is 37.4 Å². The smallest absolute Gasteiger partial charge is 0.297 e. The topological polar surface area (TPSA) is 86.4 Å². The van der Waals surface area contributed by atoms with E-state index in [0.717, 1.165) is 5.39 Å². The number of halogens is 1. The fourth-order valence-electron chi connectivity index (χ4n) is 3.04. The summed E-state index contributed by atoms with van der Waals surface area (Å²) in [5.74, 6) is -0.153. The van der Waals surface area contributed by atoms with Crippen molar-refractivity contribution < 1.29 is 13.9 Å². The van der Waals surface area contributed by atoms with Gasteiger partial charge in [-0.15, -0.1) is 0 Å². The van der Waals surface area contributed by atoms with Gasteiger partial charge in [0, 0.05) is 23.2 Å². The minimum atomic E-state index is -0.300. The highest BCUT2D eigenvalue weighted by molar-refractivity contribution is 7.99. The molecule has 0 aliphatic rings. The van der Waals surface area contributed by atoms with Crippen molar-refractivity contribution in [3.05, 3.63) is 63.9 Å². The van der Waals surface area contributed by atoms with Crippen molar-refractivity contribution in [2.24, 2.45) is 0 Å². The number of furan rings is 1. The van der Waals surface area contributed by atoms with Crippen molar-refractivity contribution in [3.8, 4) is 0 Å². The molecule has 0 aliphatic carbocycles. The van der Waals surface area contributed by atoms with E-state index in [1.165, 1.54) is 16.3 Å². The summed E-state index contributed by atoms with van der Waals surface area (Å²) < 4.78 is 12.3. The molecule has 0 aliphatic heterocycles. The van der Waals surface area contributed by atoms with Gasteiger partial charge in [-0.05, 0) is 30.3 Å². The molecule has 0 saturated carbocycles. The van der Waals surface area contributed by atoms with Gasteiger partial charge in [-0.2, -0.15) is 0 Å². The van der Waals surface area contributed by atoms with Crippen molar-refractivity contribution in [1.82, 2.24) is 9.55 Å². The van der Waals surface area contributed by atoms with Crippen LogP contribution in [-0.2, 0) is 16.1 Å². The van der Waals surface area contributed by atoms with E-state index >= 15 is 0 Å². The van der Waals surface area contributed by atoms with Crippen LogP contribution in [-0.4, -0.2) is 34.9 Å². The number of hydrogen-bond donors (Lipinski definition) is 1. The first-order valence-electron chi connectivity index (χ1n) is 9.16. The highest BCUT2D eigenvalue weighted by atomic mass is 35.5. The van der Waals surface area contributed by atoms with Crippen LogP contribution in [0.4, 0.5) is 5.69 Å². The highest BCUT2D eigenvalue weighted by Crippen LogP contribution is 2.27. The Morgan fingerprint density at radius 2 is 2.10 bits per heavy atom. The average Bonchev–Trinajstić information content (AvgIpc) is 3.11. The molecule has 1 amide bonds. The number of para-hydroxylation sites is 1. The zero-order valence-electron chi connectivity index (χ0n) is 16.1. The number of fused-ring (bicyclic) bond motifs is 3. The van der Waals surface area contributed by atoms with Crippen LogP contribution in [0.2, 0.25) is 5.02 Å². The number of benzene rings is 2. The molecule has 7 nitrogen and oxygen atoms in total. The SMILES string of the molecule is COCCn1c(SCC(=O)Nc2cccc(Cl)c2)nc2c(oc3ccccc32)c1=O. The third-order valence-corrected chi connectivity index (χ3v) is 5.62. The normalized spacial score (nSPS) is 11.3. The number of hydrogen-bond acceptors (Lipinski definition) is 6. The largest absolute Gasteiger partial charge is 0.448 e. The molecular weight excluding hydrogens is 426 g/mol. The molecule has 0 spiro atoms. The van der Waals surface area contributed by atoms with Gasteiger partial charge in [0.2, 0.25) is 11.5 Å². The van der Waals surface area contributed by atoms with E-state index in [4.69, 9.17) is 20.8 Å². The second-order valence-corrected chi connectivity index (χ2v) is 7.85. The molecule has 154 valence electrons. The number of carbonyl (C=O) groups excluding carboxylic acids is 1. The number of aromatic nitrogens is 2. The first-order valence-corrected chi connectivity index (χ1v) is 10.5. The predicted molar refractivity (Wildman–Crippen MR) is 118 cm³/mol. The number of rotatable bonds is 7. The molecule has 2 heterocycles. The van der Waals surface area contributed by atoms with E-state index in [-0.39, 0.29) is 22.8 Å². The first kappa shape index (κ1) is 20.5. The number of carbonyl (C=O) groups is 1. The number of ether oxygens (including phenoxy) is 1. The number of methoxy groups -OCH3 is 1. The van der Waals surface area contributed by atoms with Crippen molar-refractivity contribution in [1.29, 1.82) is 0 Å². The lowest BCUT2D eigenvalue weighted by Gasteiger charge is -2.11. The second kappa shape index (κ2) is 8.91. The summed E-state index contributed by atoms with van der Waals surface area (Å²) in [6.45, 7) is 0.628. The van der Waals surface area contributed by atoms with Gasteiger partial charge >= 0.3 is 0 Å². The Bertz CT molecular complexity index is 1280. The van der Waals surface area contributed by atoms with Crippen molar-refractivity contribution in [2.75, 3.05) is 24.8 Å². The summed E-state index contributed by atoms with van der Waals surface area (Å²) in [4.78, 5) is 30.1. The summed E-state index contributed by atoms with van der Waals surface area (Å²) >= 11 is 7.13.